The van der Waals surface area contributed by atoms with Crippen LogP contribution in [0.1, 0.15) is 68.6 Å². The van der Waals surface area contributed by atoms with Crippen molar-refractivity contribution in [2.75, 3.05) is 7.11 Å². The predicted molar refractivity (Wildman–Crippen MR) is 123 cm³/mol. The third kappa shape index (κ3) is 2.98. The number of carbonyl (C=O) groups excluding carboxylic acids is 1. The average Bonchev–Trinajstić information content (AvgIpc) is 3.11. The zero-order valence-electron chi connectivity index (χ0n) is 19.2. The minimum Gasteiger partial charge on any atom is -0.497 e. The third-order valence-electron chi connectivity index (χ3n) is 8.93. The zero-order valence-corrected chi connectivity index (χ0v) is 19.2. The monoisotopic (exact) mass is 429 g/mol. The number of fused-ring (bicyclic) bond motifs is 5. The Labute approximate surface area is 190 Å². The fraction of sp³-hybridized carbons (Fsp3) is 0.500. The van der Waals surface area contributed by atoms with Crippen LogP contribution in [0.3, 0.4) is 0 Å². The van der Waals surface area contributed by atoms with Crippen molar-refractivity contribution >= 4 is 5.97 Å². The molecular formula is C28H31NO3. The van der Waals surface area contributed by atoms with Crippen molar-refractivity contribution in [3.63, 3.8) is 0 Å². The maximum Gasteiger partial charge on any atom is 0.308 e. The molecule has 4 nitrogen and oxygen atoms in total. The van der Waals surface area contributed by atoms with Gasteiger partial charge in [-0.05, 0) is 103 Å². The van der Waals surface area contributed by atoms with E-state index in [4.69, 9.17) is 9.47 Å². The van der Waals surface area contributed by atoms with Crippen LogP contribution in [0, 0.1) is 28.6 Å². The van der Waals surface area contributed by atoms with Crippen LogP contribution in [-0.4, -0.2) is 13.1 Å². The van der Waals surface area contributed by atoms with Crippen LogP contribution in [-0.2, 0) is 16.6 Å². The molecule has 0 unspecified atom stereocenters. The van der Waals surface area contributed by atoms with Gasteiger partial charge in [0.15, 0.2) is 0 Å². The van der Waals surface area contributed by atoms with Crippen LogP contribution in [0.25, 0.3) is 0 Å². The van der Waals surface area contributed by atoms with E-state index in [9.17, 15) is 10.1 Å². The summed E-state index contributed by atoms with van der Waals surface area (Å²) in [6.45, 7) is 3.83. The van der Waals surface area contributed by atoms with Crippen LogP contribution in [0.15, 0.2) is 42.5 Å². The Bertz CT molecular complexity index is 1080. The van der Waals surface area contributed by atoms with Crippen LogP contribution in [0.5, 0.6) is 11.5 Å². The lowest BCUT2D eigenvalue weighted by molar-refractivity contribution is -0.131. The lowest BCUT2D eigenvalue weighted by Crippen LogP contribution is -2.48. The van der Waals surface area contributed by atoms with Gasteiger partial charge in [0, 0.05) is 6.92 Å². The molecule has 32 heavy (non-hydrogen) atoms. The van der Waals surface area contributed by atoms with Gasteiger partial charge in [-0.25, -0.2) is 0 Å². The number of hydrogen-bond donors (Lipinski definition) is 0. The molecule has 0 aliphatic heterocycles. The standard InChI is InChI=1S/C28H31NO3/c1-18(30)32-22-9-11-23-19(16-22)4-10-25-24(23)12-14-27(2)26(25)13-15-28(27,17-29)20-5-7-21(31-3)8-6-20/h5-9,11,16,24-26H,4,10,12-15H2,1-3H3/t24-,25-,26+,27+,28+/m1/s1. The maximum atomic E-state index is 11.4. The molecular weight excluding hydrogens is 398 g/mol. The summed E-state index contributed by atoms with van der Waals surface area (Å²) in [4.78, 5) is 11.4. The predicted octanol–water partition coefficient (Wildman–Crippen LogP) is 5.94. The van der Waals surface area contributed by atoms with Crippen LogP contribution in [0.4, 0.5) is 0 Å². The summed E-state index contributed by atoms with van der Waals surface area (Å²) in [7, 11) is 1.68. The normalized spacial score (nSPS) is 32.8. The van der Waals surface area contributed by atoms with E-state index in [1.54, 1.807) is 7.11 Å². The van der Waals surface area contributed by atoms with Crippen molar-refractivity contribution in [3.8, 4) is 17.6 Å². The molecule has 2 aromatic carbocycles. The first-order valence-corrected chi connectivity index (χ1v) is 11.8. The van der Waals surface area contributed by atoms with Crippen LogP contribution >= 0.6 is 0 Å². The van der Waals surface area contributed by atoms with Gasteiger partial charge in [-0.3, -0.25) is 4.79 Å². The third-order valence-corrected chi connectivity index (χ3v) is 8.93. The molecule has 0 radical (unpaired) electrons. The van der Waals surface area contributed by atoms with Gasteiger partial charge >= 0.3 is 5.97 Å². The van der Waals surface area contributed by atoms with Gasteiger partial charge in [0.1, 0.15) is 11.5 Å². The largest absolute Gasteiger partial charge is 0.497 e. The number of esters is 1. The van der Waals surface area contributed by atoms with E-state index < -0.39 is 5.41 Å². The molecule has 5 atom stereocenters. The second kappa shape index (κ2) is 7.66. The number of carbonyl (C=O) groups is 1. The number of nitrogens with zero attached hydrogens (tertiary/aromatic N) is 1. The van der Waals surface area contributed by atoms with Crippen molar-refractivity contribution in [1.82, 2.24) is 0 Å². The fourth-order valence-corrected chi connectivity index (χ4v) is 7.43. The Morgan fingerprint density at radius 3 is 2.50 bits per heavy atom. The maximum absolute atomic E-state index is 11.4. The Balaban J connectivity index is 1.47. The Morgan fingerprint density at radius 1 is 1.06 bits per heavy atom. The first-order chi connectivity index (χ1) is 15.4. The molecule has 5 rings (SSSR count). The zero-order chi connectivity index (χ0) is 22.5. The molecule has 2 fully saturated rings. The molecule has 0 N–H and O–H groups in total. The SMILES string of the molecule is COc1ccc([C@@]2(C#N)CC[C@H]3[C@@H]4CCc5cc(OC(C)=O)ccc5[C@H]4CC[C@@]32C)cc1. The number of nitriles is 1. The van der Waals surface area contributed by atoms with Gasteiger partial charge in [-0.1, -0.05) is 25.1 Å². The average molecular weight is 430 g/mol. The van der Waals surface area contributed by atoms with Crippen LogP contribution < -0.4 is 9.47 Å². The fourth-order valence-electron chi connectivity index (χ4n) is 7.43. The first kappa shape index (κ1) is 21.1. The van der Waals surface area contributed by atoms with Gasteiger partial charge in [0.2, 0.25) is 0 Å². The number of rotatable bonds is 3. The summed E-state index contributed by atoms with van der Waals surface area (Å²) in [5.41, 5.74) is 3.44. The summed E-state index contributed by atoms with van der Waals surface area (Å²) in [6.07, 6.45) is 6.36. The molecule has 2 saturated carbocycles. The van der Waals surface area contributed by atoms with Gasteiger partial charge in [-0.15, -0.1) is 0 Å². The molecule has 0 bridgehead atoms. The molecule has 0 aromatic heterocycles. The second-order valence-electron chi connectivity index (χ2n) is 10.1. The van der Waals surface area contributed by atoms with Crippen molar-refractivity contribution in [3.05, 3.63) is 59.2 Å². The second-order valence-corrected chi connectivity index (χ2v) is 10.1. The molecule has 0 amide bonds. The molecule has 2 aromatic rings. The topological polar surface area (TPSA) is 59.3 Å². The van der Waals surface area contributed by atoms with Gasteiger partial charge in [-0.2, -0.15) is 5.26 Å². The van der Waals surface area contributed by atoms with Crippen LogP contribution in [0.2, 0.25) is 0 Å². The number of benzene rings is 2. The van der Waals surface area contributed by atoms with Gasteiger partial charge < -0.3 is 9.47 Å². The van der Waals surface area contributed by atoms with E-state index >= 15 is 0 Å². The Morgan fingerprint density at radius 2 is 1.81 bits per heavy atom. The number of aryl methyl sites for hydroxylation is 1. The Hall–Kier alpha value is -2.80. The molecule has 0 saturated heterocycles. The van der Waals surface area contributed by atoms with E-state index in [1.165, 1.54) is 18.1 Å². The molecule has 3 aliphatic carbocycles. The van der Waals surface area contributed by atoms with E-state index in [-0.39, 0.29) is 11.4 Å². The summed E-state index contributed by atoms with van der Waals surface area (Å²) < 4.78 is 10.7. The minimum atomic E-state index is -0.436. The van der Waals surface area contributed by atoms with E-state index in [2.05, 4.69) is 37.3 Å². The lowest BCUT2D eigenvalue weighted by Gasteiger charge is -2.53. The summed E-state index contributed by atoms with van der Waals surface area (Å²) >= 11 is 0. The van der Waals surface area contributed by atoms with Gasteiger partial charge in [0.05, 0.1) is 18.6 Å². The lowest BCUT2D eigenvalue weighted by atomic mass is 9.50. The Kier molecular flexibility index (Phi) is 5.04. The number of methoxy groups -OCH3 is 1. The molecule has 3 aliphatic rings. The van der Waals surface area contributed by atoms with E-state index in [0.717, 1.165) is 49.8 Å². The molecule has 4 heteroatoms. The highest BCUT2D eigenvalue weighted by atomic mass is 16.5. The highest BCUT2D eigenvalue weighted by Crippen LogP contribution is 2.67. The quantitative estimate of drug-likeness (QED) is 0.448. The number of ether oxygens (including phenoxy) is 2. The van der Waals surface area contributed by atoms with Crippen molar-refractivity contribution in [1.29, 1.82) is 5.26 Å². The molecule has 0 heterocycles. The highest BCUT2D eigenvalue weighted by molar-refractivity contribution is 5.69. The summed E-state index contributed by atoms with van der Waals surface area (Å²) in [5, 5.41) is 10.5. The van der Waals surface area contributed by atoms with Crippen molar-refractivity contribution in [2.45, 2.75) is 63.7 Å². The molecule has 0 spiro atoms. The van der Waals surface area contributed by atoms with E-state index in [0.29, 0.717) is 23.5 Å². The molecule has 166 valence electrons. The van der Waals surface area contributed by atoms with Crippen molar-refractivity contribution < 1.29 is 14.3 Å². The summed E-state index contributed by atoms with van der Waals surface area (Å²) in [5.74, 6) is 2.90. The summed E-state index contributed by atoms with van der Waals surface area (Å²) in [6, 6.07) is 17.2. The van der Waals surface area contributed by atoms with Crippen molar-refractivity contribution in [2.24, 2.45) is 17.3 Å². The van der Waals surface area contributed by atoms with E-state index in [1.807, 2.05) is 18.2 Å². The first-order valence-electron chi connectivity index (χ1n) is 11.8. The smallest absolute Gasteiger partial charge is 0.308 e. The number of hydrogen-bond acceptors (Lipinski definition) is 4. The highest BCUT2D eigenvalue weighted by Gasteiger charge is 2.63. The minimum absolute atomic E-state index is 0.0211. The van der Waals surface area contributed by atoms with Gasteiger partial charge in [0.25, 0.3) is 0 Å².